The van der Waals surface area contributed by atoms with Crippen molar-refractivity contribution in [3.63, 3.8) is 0 Å². The zero-order valence-electron chi connectivity index (χ0n) is 12.2. The van der Waals surface area contributed by atoms with Crippen molar-refractivity contribution in [2.24, 2.45) is 11.3 Å². The van der Waals surface area contributed by atoms with E-state index >= 15 is 0 Å². The quantitative estimate of drug-likeness (QED) is 0.866. The van der Waals surface area contributed by atoms with Gasteiger partial charge in [-0.1, -0.05) is 26.0 Å². The second kappa shape index (κ2) is 6.35. The number of nitrogens with one attached hydrogen (secondary N) is 2. The molecule has 1 aromatic rings. The van der Waals surface area contributed by atoms with Gasteiger partial charge in [-0.05, 0) is 43.0 Å². The van der Waals surface area contributed by atoms with Crippen LogP contribution in [0.4, 0.5) is 4.39 Å². The third-order valence-corrected chi connectivity index (χ3v) is 4.36. The molecular formula is C16H23FN2O. The zero-order chi connectivity index (χ0) is 14.6. The number of rotatable bonds is 5. The molecule has 1 fully saturated rings. The molecule has 1 aromatic carbocycles. The highest BCUT2D eigenvalue weighted by atomic mass is 19.1. The first kappa shape index (κ1) is 15.0. The van der Waals surface area contributed by atoms with Crippen molar-refractivity contribution in [2.45, 2.75) is 26.7 Å². The summed E-state index contributed by atoms with van der Waals surface area (Å²) in [7, 11) is 0. The van der Waals surface area contributed by atoms with E-state index in [-0.39, 0.29) is 17.1 Å². The summed E-state index contributed by atoms with van der Waals surface area (Å²) in [5, 5.41) is 6.32. The minimum absolute atomic E-state index is 0.139. The van der Waals surface area contributed by atoms with E-state index in [1.54, 1.807) is 12.1 Å². The van der Waals surface area contributed by atoms with Gasteiger partial charge >= 0.3 is 0 Å². The van der Waals surface area contributed by atoms with E-state index in [2.05, 4.69) is 24.5 Å². The second-order valence-electron chi connectivity index (χ2n) is 5.87. The largest absolute Gasteiger partial charge is 0.355 e. The lowest BCUT2D eigenvalue weighted by molar-refractivity contribution is -0.132. The summed E-state index contributed by atoms with van der Waals surface area (Å²) in [6, 6.07) is 6.43. The van der Waals surface area contributed by atoms with Crippen molar-refractivity contribution in [3.8, 4) is 0 Å². The molecule has 0 radical (unpaired) electrons. The minimum Gasteiger partial charge on any atom is -0.355 e. The highest BCUT2D eigenvalue weighted by Crippen LogP contribution is 2.34. The third-order valence-electron chi connectivity index (χ3n) is 4.36. The Kier molecular flexibility index (Phi) is 4.76. The molecule has 1 atom stereocenters. The Balaban J connectivity index is 1.87. The Morgan fingerprint density at radius 3 is 2.65 bits per heavy atom. The summed E-state index contributed by atoms with van der Waals surface area (Å²) in [6.07, 6.45) is 1.63. The molecule has 1 aliphatic heterocycles. The van der Waals surface area contributed by atoms with E-state index < -0.39 is 0 Å². The summed E-state index contributed by atoms with van der Waals surface area (Å²) in [6.45, 7) is 6.47. The highest BCUT2D eigenvalue weighted by Gasteiger charge is 2.43. The number of hydrogen-bond donors (Lipinski definition) is 2. The lowest BCUT2D eigenvalue weighted by Crippen LogP contribution is -2.46. The zero-order valence-corrected chi connectivity index (χ0v) is 12.2. The molecule has 2 N–H and O–H groups in total. The van der Waals surface area contributed by atoms with E-state index in [1.165, 1.54) is 12.1 Å². The van der Waals surface area contributed by atoms with Crippen molar-refractivity contribution in [1.82, 2.24) is 10.6 Å². The molecule has 110 valence electrons. The molecule has 0 aliphatic carbocycles. The SMILES string of the molecule is CC(C)C1(C(=O)NCCc2ccc(F)cc2)CCNC1. The minimum atomic E-state index is -0.275. The predicted octanol–water partition coefficient (Wildman–Crippen LogP) is 2.12. The summed E-state index contributed by atoms with van der Waals surface area (Å²) >= 11 is 0. The smallest absolute Gasteiger partial charge is 0.227 e. The Morgan fingerprint density at radius 1 is 1.40 bits per heavy atom. The van der Waals surface area contributed by atoms with Gasteiger partial charge in [0.2, 0.25) is 5.91 Å². The third kappa shape index (κ3) is 3.18. The monoisotopic (exact) mass is 278 g/mol. The fourth-order valence-electron chi connectivity index (χ4n) is 2.81. The van der Waals surface area contributed by atoms with Crippen molar-refractivity contribution >= 4 is 5.91 Å². The van der Waals surface area contributed by atoms with Crippen LogP contribution in [0, 0.1) is 17.2 Å². The van der Waals surface area contributed by atoms with Crippen molar-refractivity contribution in [3.05, 3.63) is 35.6 Å². The average Bonchev–Trinajstić information content (AvgIpc) is 2.91. The maximum atomic E-state index is 12.8. The maximum absolute atomic E-state index is 12.8. The van der Waals surface area contributed by atoms with Gasteiger partial charge in [0.1, 0.15) is 5.82 Å². The topological polar surface area (TPSA) is 41.1 Å². The van der Waals surface area contributed by atoms with E-state index in [9.17, 15) is 9.18 Å². The summed E-state index contributed by atoms with van der Waals surface area (Å²) in [5.74, 6) is 0.233. The Hall–Kier alpha value is -1.42. The van der Waals surface area contributed by atoms with Crippen LogP contribution in [0.2, 0.25) is 0 Å². The molecule has 3 nitrogen and oxygen atoms in total. The fraction of sp³-hybridized carbons (Fsp3) is 0.562. The first-order chi connectivity index (χ1) is 9.54. The van der Waals surface area contributed by atoms with Crippen LogP contribution in [0.15, 0.2) is 24.3 Å². The first-order valence-corrected chi connectivity index (χ1v) is 7.28. The van der Waals surface area contributed by atoms with E-state index in [4.69, 9.17) is 0 Å². The van der Waals surface area contributed by atoms with Gasteiger partial charge in [0.05, 0.1) is 5.41 Å². The average molecular weight is 278 g/mol. The number of carbonyl (C=O) groups is 1. The summed E-state index contributed by atoms with van der Waals surface area (Å²) in [4.78, 5) is 12.4. The van der Waals surface area contributed by atoms with E-state index in [1.807, 2.05) is 0 Å². The van der Waals surface area contributed by atoms with Crippen LogP contribution < -0.4 is 10.6 Å². The number of amides is 1. The van der Waals surface area contributed by atoms with Gasteiger partial charge in [0, 0.05) is 13.1 Å². The van der Waals surface area contributed by atoms with Crippen LogP contribution in [0.5, 0.6) is 0 Å². The molecule has 0 saturated carbocycles. The van der Waals surface area contributed by atoms with Gasteiger partial charge in [-0.25, -0.2) is 4.39 Å². The molecule has 1 unspecified atom stereocenters. The van der Waals surface area contributed by atoms with Crippen LogP contribution >= 0.6 is 0 Å². The number of carbonyl (C=O) groups excluding carboxylic acids is 1. The molecule has 2 rings (SSSR count). The van der Waals surface area contributed by atoms with Gasteiger partial charge in [-0.2, -0.15) is 0 Å². The summed E-state index contributed by atoms with van der Waals surface area (Å²) < 4.78 is 12.8. The first-order valence-electron chi connectivity index (χ1n) is 7.28. The molecule has 1 amide bonds. The lowest BCUT2D eigenvalue weighted by Gasteiger charge is -2.31. The molecule has 4 heteroatoms. The van der Waals surface area contributed by atoms with E-state index in [0.29, 0.717) is 12.5 Å². The molecule has 0 aromatic heterocycles. The molecule has 1 saturated heterocycles. The number of halogens is 1. The predicted molar refractivity (Wildman–Crippen MR) is 77.9 cm³/mol. The Morgan fingerprint density at radius 2 is 2.10 bits per heavy atom. The van der Waals surface area contributed by atoms with Crippen LogP contribution in [0.3, 0.4) is 0 Å². The Labute approximate surface area is 120 Å². The van der Waals surface area contributed by atoms with Crippen LogP contribution in [-0.2, 0) is 11.2 Å². The molecule has 20 heavy (non-hydrogen) atoms. The Bertz CT molecular complexity index is 450. The summed E-state index contributed by atoms with van der Waals surface area (Å²) in [5.41, 5.74) is 0.762. The maximum Gasteiger partial charge on any atom is 0.227 e. The van der Waals surface area contributed by atoms with Crippen LogP contribution in [0.1, 0.15) is 25.8 Å². The highest BCUT2D eigenvalue weighted by molar-refractivity contribution is 5.83. The van der Waals surface area contributed by atoms with Gasteiger partial charge < -0.3 is 10.6 Å². The van der Waals surface area contributed by atoms with Crippen molar-refractivity contribution < 1.29 is 9.18 Å². The number of benzene rings is 1. The standard InChI is InChI=1S/C16H23FN2O/c1-12(2)16(8-10-18-11-16)15(20)19-9-7-13-3-5-14(17)6-4-13/h3-6,12,18H,7-11H2,1-2H3,(H,19,20). The van der Waals surface area contributed by atoms with Gasteiger partial charge in [0.15, 0.2) is 0 Å². The van der Waals surface area contributed by atoms with Gasteiger partial charge in [-0.15, -0.1) is 0 Å². The molecule has 1 aliphatic rings. The fourth-order valence-corrected chi connectivity index (χ4v) is 2.81. The molecular weight excluding hydrogens is 255 g/mol. The molecule has 1 heterocycles. The van der Waals surface area contributed by atoms with E-state index in [0.717, 1.165) is 31.5 Å². The van der Waals surface area contributed by atoms with Crippen LogP contribution in [-0.4, -0.2) is 25.5 Å². The molecule has 0 bridgehead atoms. The van der Waals surface area contributed by atoms with Crippen molar-refractivity contribution in [2.75, 3.05) is 19.6 Å². The lowest BCUT2D eigenvalue weighted by atomic mass is 9.75. The molecule has 0 spiro atoms. The van der Waals surface area contributed by atoms with Gasteiger partial charge in [0.25, 0.3) is 0 Å². The van der Waals surface area contributed by atoms with Gasteiger partial charge in [-0.3, -0.25) is 4.79 Å². The normalized spacial score (nSPS) is 22.2. The number of hydrogen-bond acceptors (Lipinski definition) is 2. The second-order valence-corrected chi connectivity index (χ2v) is 5.87. The van der Waals surface area contributed by atoms with Crippen molar-refractivity contribution in [1.29, 1.82) is 0 Å². The van der Waals surface area contributed by atoms with Crippen LogP contribution in [0.25, 0.3) is 0 Å².